The van der Waals surface area contributed by atoms with Gasteiger partial charge in [0.2, 0.25) is 5.91 Å². The Morgan fingerprint density at radius 1 is 1.09 bits per heavy atom. The molecule has 1 amide bonds. The summed E-state index contributed by atoms with van der Waals surface area (Å²) in [5.74, 6) is -0.0116. The first kappa shape index (κ1) is 24.0. The second-order valence-corrected chi connectivity index (χ2v) is 11.0. The number of pyridine rings is 1. The Balaban J connectivity index is 1.46. The van der Waals surface area contributed by atoms with Crippen LogP contribution in [-0.4, -0.2) is 41.0 Å². The summed E-state index contributed by atoms with van der Waals surface area (Å²) in [5, 5.41) is 11.0. The maximum absolute atomic E-state index is 13.2. The third-order valence-corrected chi connectivity index (χ3v) is 8.03. The van der Waals surface area contributed by atoms with Crippen molar-refractivity contribution in [3.8, 4) is 0 Å². The minimum Gasteiger partial charge on any atom is -0.310 e. The van der Waals surface area contributed by atoms with Crippen molar-refractivity contribution < 1.29 is 18.0 Å². The molecule has 10 heteroatoms. The molecule has 2 aromatic heterocycles. The number of benzene rings is 1. The number of nitrogens with zero attached hydrogens (tertiary/aromatic N) is 3. The summed E-state index contributed by atoms with van der Waals surface area (Å²) in [6, 6.07) is 12.9. The first-order valence-corrected chi connectivity index (χ1v) is 12.8. The zero-order valence-corrected chi connectivity index (χ0v) is 20.3. The van der Waals surface area contributed by atoms with Crippen LogP contribution in [0, 0.1) is 0 Å². The molecule has 1 atom stereocenters. The zero-order chi connectivity index (χ0) is 24.5. The van der Waals surface area contributed by atoms with Crippen LogP contribution in [0.3, 0.4) is 0 Å². The predicted molar refractivity (Wildman–Crippen MR) is 128 cm³/mol. The van der Waals surface area contributed by atoms with E-state index >= 15 is 0 Å². The summed E-state index contributed by atoms with van der Waals surface area (Å²) in [6.45, 7) is 3.42. The van der Waals surface area contributed by atoms with E-state index in [9.17, 15) is 18.0 Å². The van der Waals surface area contributed by atoms with Crippen molar-refractivity contribution in [1.29, 1.82) is 0 Å². The summed E-state index contributed by atoms with van der Waals surface area (Å²) < 4.78 is 23.9. The first-order valence-electron chi connectivity index (χ1n) is 10.8. The van der Waals surface area contributed by atoms with Gasteiger partial charge < -0.3 is 5.32 Å². The van der Waals surface area contributed by atoms with Gasteiger partial charge in [-0.25, -0.2) is 13.4 Å². The Kier molecular flexibility index (Phi) is 6.51. The molecule has 34 heavy (non-hydrogen) atoms. The highest BCUT2D eigenvalue weighted by Crippen LogP contribution is 2.37. The summed E-state index contributed by atoms with van der Waals surface area (Å²) >= 11 is 5.83. The highest BCUT2D eigenvalue weighted by Gasteiger charge is 2.42. The molecule has 2 heterocycles. The monoisotopic (exact) mass is 498 g/mol. The van der Waals surface area contributed by atoms with Crippen LogP contribution in [0.15, 0.2) is 53.4 Å². The van der Waals surface area contributed by atoms with Gasteiger partial charge in [-0.1, -0.05) is 30.7 Å². The van der Waals surface area contributed by atoms with Gasteiger partial charge in [0, 0.05) is 5.56 Å². The van der Waals surface area contributed by atoms with E-state index in [0.29, 0.717) is 41.2 Å². The maximum atomic E-state index is 13.2. The minimum absolute atomic E-state index is 0.0194. The molecule has 0 aliphatic heterocycles. The van der Waals surface area contributed by atoms with Crippen molar-refractivity contribution in [2.24, 2.45) is 0 Å². The van der Waals surface area contributed by atoms with Gasteiger partial charge in [0.25, 0.3) is 0 Å². The second kappa shape index (κ2) is 9.23. The Labute approximate surface area is 202 Å². The molecule has 0 radical (unpaired) electrons. The number of amides is 1. The fourth-order valence-electron chi connectivity index (χ4n) is 3.96. The largest absolute Gasteiger partial charge is 0.310 e. The number of hydrogen-bond donors (Lipinski definition) is 1. The van der Waals surface area contributed by atoms with E-state index in [0.717, 1.165) is 0 Å². The van der Waals surface area contributed by atoms with Gasteiger partial charge in [-0.05, 0) is 61.7 Å². The van der Waals surface area contributed by atoms with Crippen LogP contribution in [0.5, 0.6) is 0 Å². The van der Waals surface area contributed by atoms with Crippen LogP contribution in [-0.2, 0) is 32.9 Å². The molecule has 4 rings (SSSR count). The molecule has 1 N–H and O–H groups in total. The highest BCUT2D eigenvalue weighted by atomic mass is 35.5. The first-order chi connectivity index (χ1) is 16.1. The quantitative estimate of drug-likeness (QED) is 0.551. The molecule has 1 aliphatic carbocycles. The average molecular weight is 499 g/mol. The number of fused-ring (bicyclic) bond motifs is 1. The molecule has 0 spiro atoms. The van der Waals surface area contributed by atoms with Gasteiger partial charge in [0.15, 0.2) is 20.8 Å². The molecule has 0 fully saturated rings. The number of carbonyl (C=O) groups is 2. The lowest BCUT2D eigenvalue weighted by atomic mass is 9.71. The number of aryl methyl sites for hydroxylation is 1. The van der Waals surface area contributed by atoms with Crippen molar-refractivity contribution in [2.45, 2.75) is 43.4 Å². The van der Waals surface area contributed by atoms with E-state index in [1.807, 2.05) is 6.92 Å². The Morgan fingerprint density at radius 3 is 2.47 bits per heavy atom. The number of nitrogens with one attached hydrogen (secondary N) is 1. The van der Waals surface area contributed by atoms with Gasteiger partial charge in [-0.2, -0.15) is 5.10 Å². The van der Waals surface area contributed by atoms with E-state index in [1.165, 1.54) is 12.1 Å². The highest BCUT2D eigenvalue weighted by molar-refractivity contribution is 7.91. The number of carbonyl (C=O) groups excluding carboxylic acids is 2. The number of rotatable bonds is 6. The van der Waals surface area contributed by atoms with Crippen LogP contribution >= 0.6 is 11.6 Å². The van der Waals surface area contributed by atoms with Crippen LogP contribution < -0.4 is 5.32 Å². The predicted octanol–water partition coefficient (Wildman–Crippen LogP) is 3.59. The number of halogens is 1. The third kappa shape index (κ3) is 4.71. The normalized spacial score (nSPS) is 17.8. The number of aromatic nitrogens is 3. The summed E-state index contributed by atoms with van der Waals surface area (Å²) in [5.41, 5.74) is 1.53. The van der Waals surface area contributed by atoms with Crippen molar-refractivity contribution in [2.75, 3.05) is 11.1 Å². The summed E-state index contributed by atoms with van der Waals surface area (Å²) in [4.78, 5) is 30.5. The van der Waals surface area contributed by atoms with Crippen LogP contribution in [0.25, 0.3) is 0 Å². The molecule has 1 aromatic carbocycles. The topological polar surface area (TPSA) is 119 Å². The number of sulfone groups is 1. The molecular formula is C24H23ClN4O4S. The molecule has 0 saturated heterocycles. The molecule has 1 aliphatic rings. The standard InChI is InChI=1S/C24H23ClN4O4S/c1-3-34(32,33)16-6-4-15(5-7-16)14-22(30)27-21-11-8-17-18(26-21)12-13-24(2,23(17)31)19-9-10-20(25)29-28-19/h4-11H,3,12-14H2,1-2H3,(H,26,27,30). The van der Waals surface area contributed by atoms with Crippen LogP contribution in [0.4, 0.5) is 5.82 Å². The maximum Gasteiger partial charge on any atom is 0.229 e. The fraction of sp³-hybridized carbons (Fsp3) is 0.292. The average Bonchev–Trinajstić information content (AvgIpc) is 2.82. The number of anilines is 1. The van der Waals surface area contributed by atoms with Gasteiger partial charge in [-0.3, -0.25) is 9.59 Å². The Bertz CT molecular complexity index is 1360. The lowest BCUT2D eigenvalue weighted by Gasteiger charge is -2.32. The Hall–Kier alpha value is -3.17. The molecule has 176 valence electrons. The van der Waals surface area contributed by atoms with Gasteiger partial charge >= 0.3 is 0 Å². The molecule has 3 aromatic rings. The van der Waals surface area contributed by atoms with Gasteiger partial charge in [0.05, 0.1) is 33.9 Å². The lowest BCUT2D eigenvalue weighted by molar-refractivity contribution is -0.115. The molecule has 1 unspecified atom stereocenters. The third-order valence-electron chi connectivity index (χ3n) is 6.07. The van der Waals surface area contributed by atoms with E-state index in [-0.39, 0.29) is 33.9 Å². The van der Waals surface area contributed by atoms with E-state index in [1.54, 1.807) is 43.3 Å². The van der Waals surface area contributed by atoms with Crippen LogP contribution in [0.2, 0.25) is 5.15 Å². The second-order valence-electron chi connectivity index (χ2n) is 8.37. The minimum atomic E-state index is -3.28. The van der Waals surface area contributed by atoms with Gasteiger partial charge in [0.1, 0.15) is 5.82 Å². The Morgan fingerprint density at radius 2 is 1.82 bits per heavy atom. The van der Waals surface area contributed by atoms with E-state index in [2.05, 4.69) is 20.5 Å². The van der Waals surface area contributed by atoms with Crippen molar-refractivity contribution in [3.05, 3.63) is 76.2 Å². The lowest BCUT2D eigenvalue weighted by Crippen LogP contribution is -2.38. The van der Waals surface area contributed by atoms with Crippen molar-refractivity contribution in [1.82, 2.24) is 15.2 Å². The van der Waals surface area contributed by atoms with Crippen molar-refractivity contribution in [3.63, 3.8) is 0 Å². The number of ketones is 1. The van der Waals surface area contributed by atoms with Crippen LogP contribution in [0.1, 0.15) is 47.6 Å². The van der Waals surface area contributed by atoms with Gasteiger partial charge in [-0.15, -0.1) is 5.10 Å². The molecule has 8 nitrogen and oxygen atoms in total. The SMILES string of the molecule is CCS(=O)(=O)c1ccc(CC(=O)Nc2ccc3c(n2)CCC(C)(c2ccc(Cl)nn2)C3=O)cc1. The smallest absolute Gasteiger partial charge is 0.229 e. The molecule has 0 saturated carbocycles. The zero-order valence-electron chi connectivity index (χ0n) is 18.7. The van der Waals surface area contributed by atoms with E-state index in [4.69, 9.17) is 11.6 Å². The van der Waals surface area contributed by atoms with Crippen molar-refractivity contribution >= 4 is 38.9 Å². The van der Waals surface area contributed by atoms with E-state index < -0.39 is 15.3 Å². The number of Topliss-reactive ketones (excluding diaryl/α,β-unsaturated/α-hetero) is 1. The molecule has 0 bridgehead atoms. The summed E-state index contributed by atoms with van der Waals surface area (Å²) in [7, 11) is -3.28. The fourth-order valence-corrected chi connectivity index (χ4v) is 4.94. The molecular weight excluding hydrogens is 476 g/mol. The summed E-state index contributed by atoms with van der Waals surface area (Å²) in [6.07, 6.45) is 1.11. The number of hydrogen-bond acceptors (Lipinski definition) is 7.